The van der Waals surface area contributed by atoms with E-state index in [1.807, 2.05) is 0 Å². The van der Waals surface area contributed by atoms with Crippen LogP contribution in [-0.4, -0.2) is 0 Å². The van der Waals surface area contributed by atoms with Crippen LogP contribution in [0.5, 0.6) is 0 Å². The largest absolute Gasteiger partial charge is 0.472 e. The number of anilines is 1. The van der Waals surface area contributed by atoms with Crippen molar-refractivity contribution in [1.29, 1.82) is 0 Å². The molecule has 0 aliphatic rings. The van der Waals surface area contributed by atoms with Crippen LogP contribution in [0.1, 0.15) is 18.5 Å². The van der Waals surface area contributed by atoms with E-state index in [-0.39, 0.29) is 11.7 Å². The smallest absolute Gasteiger partial charge is 0.196 e. The Morgan fingerprint density at radius 2 is 1.88 bits per heavy atom. The fourth-order valence-corrected chi connectivity index (χ4v) is 1.48. The lowest BCUT2D eigenvalue weighted by molar-refractivity contribution is 0.448. The third-order valence-electron chi connectivity index (χ3n) is 2.45. The van der Waals surface area contributed by atoms with Crippen molar-refractivity contribution in [1.82, 2.24) is 0 Å². The van der Waals surface area contributed by atoms with Gasteiger partial charge in [0.25, 0.3) is 0 Å². The molecule has 2 nitrogen and oxygen atoms in total. The highest BCUT2D eigenvalue weighted by atomic mass is 19.2. The van der Waals surface area contributed by atoms with Gasteiger partial charge in [-0.1, -0.05) is 0 Å². The summed E-state index contributed by atoms with van der Waals surface area (Å²) in [5.74, 6) is -3.90. The summed E-state index contributed by atoms with van der Waals surface area (Å²) in [6.07, 6.45) is 2.98. The Morgan fingerprint density at radius 3 is 2.53 bits per heavy atom. The number of hydrogen-bond acceptors (Lipinski definition) is 2. The molecule has 0 fully saturated rings. The molecule has 0 aliphatic carbocycles. The van der Waals surface area contributed by atoms with Crippen molar-refractivity contribution in [3.8, 4) is 0 Å². The van der Waals surface area contributed by atoms with E-state index in [0.717, 1.165) is 17.7 Å². The van der Waals surface area contributed by atoms with Crippen molar-refractivity contribution in [2.45, 2.75) is 13.0 Å². The Hall–Kier alpha value is -1.91. The fraction of sp³-hybridized carbons (Fsp3) is 0.167. The number of furan rings is 1. The summed E-state index contributed by atoms with van der Waals surface area (Å²) in [5, 5.41) is 2.74. The van der Waals surface area contributed by atoms with Crippen LogP contribution in [0.3, 0.4) is 0 Å². The number of rotatable bonds is 3. The minimum Gasteiger partial charge on any atom is -0.472 e. The van der Waals surface area contributed by atoms with E-state index in [2.05, 4.69) is 5.32 Å². The molecule has 0 spiro atoms. The predicted molar refractivity (Wildman–Crippen MR) is 57.1 cm³/mol. The van der Waals surface area contributed by atoms with Crippen LogP contribution >= 0.6 is 0 Å². The van der Waals surface area contributed by atoms with E-state index >= 15 is 0 Å². The maximum absolute atomic E-state index is 13.4. The molecule has 5 heteroatoms. The maximum Gasteiger partial charge on any atom is 0.196 e. The zero-order valence-electron chi connectivity index (χ0n) is 9.01. The van der Waals surface area contributed by atoms with Crippen LogP contribution in [0.2, 0.25) is 0 Å². The number of hydrogen-bond donors (Lipinski definition) is 1. The van der Waals surface area contributed by atoms with Crippen molar-refractivity contribution in [2.24, 2.45) is 0 Å². The molecular weight excluding hydrogens is 231 g/mol. The Labute approximate surface area is 96.1 Å². The van der Waals surface area contributed by atoms with E-state index in [0.29, 0.717) is 0 Å². The van der Waals surface area contributed by atoms with Gasteiger partial charge >= 0.3 is 0 Å². The summed E-state index contributed by atoms with van der Waals surface area (Å²) >= 11 is 0. The van der Waals surface area contributed by atoms with Crippen LogP contribution < -0.4 is 5.32 Å². The van der Waals surface area contributed by atoms with E-state index in [4.69, 9.17) is 4.42 Å². The monoisotopic (exact) mass is 241 g/mol. The molecular formula is C12H10F3NO. The second kappa shape index (κ2) is 4.53. The molecule has 1 unspecified atom stereocenters. The van der Waals surface area contributed by atoms with Crippen molar-refractivity contribution in [3.63, 3.8) is 0 Å². The number of nitrogens with one attached hydrogen (secondary N) is 1. The molecule has 0 amide bonds. The lowest BCUT2D eigenvalue weighted by Crippen LogP contribution is -2.08. The summed E-state index contributed by atoms with van der Waals surface area (Å²) in [4.78, 5) is 0. The molecule has 0 aliphatic heterocycles. The van der Waals surface area contributed by atoms with Gasteiger partial charge in [0, 0.05) is 5.56 Å². The SMILES string of the molecule is CC(Nc1ccc(F)c(F)c1F)c1ccoc1. The molecule has 1 aromatic carbocycles. The highest BCUT2D eigenvalue weighted by Crippen LogP contribution is 2.24. The van der Waals surface area contributed by atoms with Crippen LogP contribution in [0.4, 0.5) is 18.9 Å². The molecule has 1 aromatic heterocycles. The Kier molecular flexibility index (Phi) is 3.08. The van der Waals surface area contributed by atoms with Gasteiger partial charge in [-0.3, -0.25) is 0 Å². The molecule has 0 saturated heterocycles. The molecule has 1 heterocycles. The number of halogens is 3. The lowest BCUT2D eigenvalue weighted by Gasteiger charge is -2.14. The van der Waals surface area contributed by atoms with Crippen molar-refractivity contribution in [3.05, 3.63) is 53.7 Å². The zero-order chi connectivity index (χ0) is 12.4. The first kappa shape index (κ1) is 11.6. The maximum atomic E-state index is 13.4. The summed E-state index contributed by atoms with van der Waals surface area (Å²) in [6, 6.07) is 3.47. The summed E-state index contributed by atoms with van der Waals surface area (Å²) in [7, 11) is 0. The third-order valence-corrected chi connectivity index (χ3v) is 2.45. The van der Waals surface area contributed by atoms with Crippen molar-refractivity contribution >= 4 is 5.69 Å². The highest BCUT2D eigenvalue weighted by molar-refractivity contribution is 5.47. The summed E-state index contributed by atoms with van der Waals surface area (Å²) in [6.45, 7) is 1.76. The molecule has 90 valence electrons. The van der Waals surface area contributed by atoms with Gasteiger partial charge in [-0.2, -0.15) is 0 Å². The predicted octanol–water partition coefficient (Wildman–Crippen LogP) is 3.87. The van der Waals surface area contributed by atoms with Gasteiger partial charge in [-0.15, -0.1) is 0 Å². The Morgan fingerprint density at radius 1 is 1.12 bits per heavy atom. The standard InChI is InChI=1S/C12H10F3NO/c1-7(8-4-5-17-6-8)16-10-3-2-9(13)11(14)12(10)15/h2-7,16H,1H3. The van der Waals surface area contributed by atoms with E-state index in [9.17, 15) is 13.2 Å². The first-order chi connectivity index (χ1) is 8.09. The van der Waals surface area contributed by atoms with Crippen molar-refractivity contribution in [2.75, 3.05) is 5.32 Å². The van der Waals surface area contributed by atoms with Gasteiger partial charge in [0.1, 0.15) is 0 Å². The van der Waals surface area contributed by atoms with Crippen LogP contribution in [0.25, 0.3) is 0 Å². The average molecular weight is 241 g/mol. The second-order valence-corrected chi connectivity index (χ2v) is 3.65. The minimum absolute atomic E-state index is 0.0856. The molecule has 2 aromatic rings. The van der Waals surface area contributed by atoms with E-state index < -0.39 is 17.5 Å². The summed E-state index contributed by atoms with van der Waals surface area (Å²) in [5.41, 5.74) is 0.701. The van der Waals surface area contributed by atoms with Crippen molar-refractivity contribution < 1.29 is 17.6 Å². The molecule has 1 atom stereocenters. The minimum atomic E-state index is -1.48. The van der Waals surface area contributed by atoms with Gasteiger partial charge < -0.3 is 9.73 Å². The average Bonchev–Trinajstić information content (AvgIpc) is 2.83. The molecule has 0 radical (unpaired) electrons. The second-order valence-electron chi connectivity index (χ2n) is 3.65. The first-order valence-corrected chi connectivity index (χ1v) is 5.01. The van der Waals surface area contributed by atoms with Gasteiger partial charge in [-0.05, 0) is 25.1 Å². The van der Waals surface area contributed by atoms with Gasteiger partial charge in [0.05, 0.1) is 24.3 Å². The lowest BCUT2D eigenvalue weighted by atomic mass is 10.1. The molecule has 0 saturated carbocycles. The topological polar surface area (TPSA) is 25.2 Å². The molecule has 2 rings (SSSR count). The van der Waals surface area contributed by atoms with Gasteiger partial charge in [-0.25, -0.2) is 13.2 Å². The summed E-state index contributed by atoms with van der Waals surface area (Å²) < 4.78 is 43.9. The molecule has 0 bridgehead atoms. The molecule has 1 N–H and O–H groups in total. The Bertz CT molecular complexity index is 511. The highest BCUT2D eigenvalue weighted by Gasteiger charge is 2.15. The van der Waals surface area contributed by atoms with E-state index in [1.54, 1.807) is 13.0 Å². The fourth-order valence-electron chi connectivity index (χ4n) is 1.48. The zero-order valence-corrected chi connectivity index (χ0v) is 9.01. The van der Waals surface area contributed by atoms with Crippen LogP contribution in [-0.2, 0) is 0 Å². The van der Waals surface area contributed by atoms with Crippen LogP contribution in [0, 0.1) is 17.5 Å². The Balaban J connectivity index is 2.22. The van der Waals surface area contributed by atoms with Gasteiger partial charge in [0.2, 0.25) is 0 Å². The number of benzene rings is 1. The first-order valence-electron chi connectivity index (χ1n) is 5.01. The van der Waals surface area contributed by atoms with Crippen LogP contribution in [0.15, 0.2) is 35.1 Å². The van der Waals surface area contributed by atoms with Gasteiger partial charge in [0.15, 0.2) is 17.5 Å². The van der Waals surface area contributed by atoms with E-state index in [1.165, 1.54) is 12.5 Å². The third kappa shape index (κ3) is 2.27. The quantitative estimate of drug-likeness (QED) is 0.825. The normalized spacial score (nSPS) is 12.5. The molecule has 17 heavy (non-hydrogen) atoms.